The minimum absolute atomic E-state index is 0.197. The van der Waals surface area contributed by atoms with Crippen LogP contribution in [0.2, 0.25) is 0 Å². The van der Waals surface area contributed by atoms with Crippen molar-refractivity contribution in [3.05, 3.63) is 17.5 Å². The summed E-state index contributed by atoms with van der Waals surface area (Å²) >= 11 is 0. The fourth-order valence-electron chi connectivity index (χ4n) is 1.70. The minimum Gasteiger partial charge on any atom is -0.387 e. The summed E-state index contributed by atoms with van der Waals surface area (Å²) in [5, 5.41) is 11.5. The Morgan fingerprint density at radius 1 is 1.64 bits per heavy atom. The monoisotopic (exact) mass is 194 g/mol. The van der Waals surface area contributed by atoms with E-state index in [1.54, 1.807) is 0 Å². The Hall–Kier alpha value is -1.32. The van der Waals surface area contributed by atoms with Gasteiger partial charge in [0.05, 0.1) is 12.0 Å². The number of nitrogens with two attached hydrogens (primary N) is 1. The van der Waals surface area contributed by atoms with Crippen molar-refractivity contribution >= 4 is 5.84 Å². The lowest BCUT2D eigenvalue weighted by atomic mass is 10.0. The number of hydrogen-bond acceptors (Lipinski definition) is 2. The number of nitrogens with one attached hydrogen (secondary N) is 1. The van der Waals surface area contributed by atoms with Gasteiger partial charge in [-0.05, 0) is 12.8 Å². The normalized spacial score (nSPS) is 10.9. The Bertz CT molecular complexity index is 325. The van der Waals surface area contributed by atoms with Gasteiger partial charge in [-0.15, -0.1) is 0 Å². The molecule has 0 fully saturated rings. The lowest BCUT2D eigenvalue weighted by molar-refractivity contribution is 0.596. The summed E-state index contributed by atoms with van der Waals surface area (Å²) in [6, 6.07) is 0. The van der Waals surface area contributed by atoms with Crippen LogP contribution in [0.3, 0.4) is 0 Å². The number of aryl methyl sites for hydroxylation is 1. The lowest BCUT2D eigenvalue weighted by Gasteiger charge is -2.10. The molecule has 0 saturated heterocycles. The van der Waals surface area contributed by atoms with Gasteiger partial charge < -0.3 is 5.73 Å². The maximum atomic E-state index is 7.28. The smallest absolute Gasteiger partial charge is 0.0951 e. The number of amidine groups is 1. The molecule has 0 saturated carbocycles. The quantitative estimate of drug-likeness (QED) is 0.563. The van der Waals surface area contributed by atoms with Crippen LogP contribution in [-0.4, -0.2) is 15.6 Å². The summed E-state index contributed by atoms with van der Waals surface area (Å²) in [6.07, 6.45) is 2.33. The van der Waals surface area contributed by atoms with Gasteiger partial charge in [0.25, 0.3) is 0 Å². The molecule has 3 N–H and O–H groups in total. The molecule has 78 valence electrons. The van der Waals surface area contributed by atoms with Crippen LogP contribution >= 0.6 is 0 Å². The van der Waals surface area contributed by atoms with E-state index in [0.717, 1.165) is 12.1 Å². The molecule has 0 atom stereocenters. The summed E-state index contributed by atoms with van der Waals surface area (Å²) in [4.78, 5) is 0. The van der Waals surface area contributed by atoms with Crippen LogP contribution < -0.4 is 5.73 Å². The predicted molar refractivity (Wildman–Crippen MR) is 57.6 cm³/mol. The minimum atomic E-state index is 0.197. The first kappa shape index (κ1) is 10.8. The van der Waals surface area contributed by atoms with Gasteiger partial charge >= 0.3 is 0 Å². The van der Waals surface area contributed by atoms with Crippen LogP contribution in [0.1, 0.15) is 37.9 Å². The average molecular weight is 194 g/mol. The van der Waals surface area contributed by atoms with E-state index in [9.17, 15) is 0 Å². The van der Waals surface area contributed by atoms with Crippen molar-refractivity contribution in [1.29, 1.82) is 5.41 Å². The number of hydrogen-bond donors (Lipinski definition) is 2. The van der Waals surface area contributed by atoms with Gasteiger partial charge in [0.15, 0.2) is 0 Å². The summed E-state index contributed by atoms with van der Waals surface area (Å²) in [5.41, 5.74) is 7.67. The molecule has 14 heavy (non-hydrogen) atoms. The summed E-state index contributed by atoms with van der Waals surface area (Å²) < 4.78 is 1.98. The first-order valence-electron chi connectivity index (χ1n) is 4.93. The second-order valence-electron chi connectivity index (χ2n) is 3.73. The fraction of sp³-hybridized carbons (Fsp3) is 0.600. The van der Waals surface area contributed by atoms with Crippen LogP contribution in [0.15, 0.2) is 6.20 Å². The number of nitrogens with zero attached hydrogens (tertiary/aromatic N) is 2. The first-order valence-corrected chi connectivity index (χ1v) is 4.93. The Morgan fingerprint density at radius 3 is 2.71 bits per heavy atom. The van der Waals surface area contributed by atoms with Crippen molar-refractivity contribution in [2.24, 2.45) is 5.73 Å². The molecule has 0 amide bonds. The Balaban J connectivity index is 3.04. The standard InChI is InChI=1S/C10H18N4/c1-4-14-10(7(2)3)8(6-13-14)5-9(11)12/h6-7H,4-5H2,1-3H3,(H3,11,12). The van der Waals surface area contributed by atoms with E-state index in [1.165, 1.54) is 5.69 Å². The van der Waals surface area contributed by atoms with Crippen molar-refractivity contribution < 1.29 is 0 Å². The van der Waals surface area contributed by atoms with Gasteiger partial charge in [-0.25, -0.2) is 0 Å². The van der Waals surface area contributed by atoms with Crippen LogP contribution in [0.25, 0.3) is 0 Å². The van der Waals surface area contributed by atoms with E-state index in [0.29, 0.717) is 12.3 Å². The zero-order valence-electron chi connectivity index (χ0n) is 9.04. The number of rotatable bonds is 4. The zero-order chi connectivity index (χ0) is 10.7. The number of aromatic nitrogens is 2. The van der Waals surface area contributed by atoms with Gasteiger partial charge in [-0.2, -0.15) is 5.10 Å². The molecule has 0 bridgehead atoms. The van der Waals surface area contributed by atoms with Gasteiger partial charge in [0.1, 0.15) is 0 Å². The predicted octanol–water partition coefficient (Wildman–Crippen LogP) is 1.50. The molecule has 0 spiro atoms. The largest absolute Gasteiger partial charge is 0.387 e. The molecule has 0 aromatic carbocycles. The summed E-state index contributed by atoms with van der Waals surface area (Å²) in [7, 11) is 0. The van der Waals surface area contributed by atoms with E-state index < -0.39 is 0 Å². The SMILES string of the molecule is CCn1ncc(CC(=N)N)c1C(C)C. The van der Waals surface area contributed by atoms with Crippen LogP contribution in [0.5, 0.6) is 0 Å². The molecule has 0 aliphatic carbocycles. The molecular weight excluding hydrogens is 176 g/mol. The highest BCUT2D eigenvalue weighted by Crippen LogP contribution is 2.19. The third-order valence-electron chi connectivity index (χ3n) is 2.19. The second kappa shape index (κ2) is 4.26. The van der Waals surface area contributed by atoms with Crippen LogP contribution in [-0.2, 0) is 13.0 Å². The van der Waals surface area contributed by atoms with Gasteiger partial charge in [0.2, 0.25) is 0 Å². The maximum absolute atomic E-state index is 7.28. The van der Waals surface area contributed by atoms with E-state index >= 15 is 0 Å². The van der Waals surface area contributed by atoms with Crippen LogP contribution in [0.4, 0.5) is 0 Å². The first-order chi connectivity index (χ1) is 6.56. The van der Waals surface area contributed by atoms with Gasteiger partial charge in [-0.1, -0.05) is 13.8 Å². The van der Waals surface area contributed by atoms with Gasteiger partial charge in [-0.3, -0.25) is 10.1 Å². The van der Waals surface area contributed by atoms with Crippen molar-refractivity contribution in [2.75, 3.05) is 0 Å². The molecule has 4 heteroatoms. The second-order valence-corrected chi connectivity index (χ2v) is 3.73. The van der Waals surface area contributed by atoms with E-state index in [1.807, 2.05) is 10.9 Å². The zero-order valence-corrected chi connectivity index (χ0v) is 9.04. The molecule has 1 heterocycles. The average Bonchev–Trinajstić information content (AvgIpc) is 2.46. The Labute approximate surface area is 84.6 Å². The molecule has 0 aliphatic heterocycles. The third kappa shape index (κ3) is 2.13. The van der Waals surface area contributed by atoms with E-state index in [-0.39, 0.29) is 5.84 Å². The maximum Gasteiger partial charge on any atom is 0.0951 e. The molecule has 0 unspecified atom stereocenters. The third-order valence-corrected chi connectivity index (χ3v) is 2.19. The Kier molecular flexibility index (Phi) is 3.28. The van der Waals surface area contributed by atoms with Crippen molar-refractivity contribution in [3.8, 4) is 0 Å². The topological polar surface area (TPSA) is 67.7 Å². The highest BCUT2D eigenvalue weighted by atomic mass is 15.3. The van der Waals surface area contributed by atoms with E-state index in [2.05, 4.69) is 25.9 Å². The lowest BCUT2D eigenvalue weighted by Crippen LogP contribution is -2.14. The molecule has 4 nitrogen and oxygen atoms in total. The molecule has 1 aromatic rings. The van der Waals surface area contributed by atoms with Crippen molar-refractivity contribution in [1.82, 2.24) is 9.78 Å². The molecule has 1 aromatic heterocycles. The van der Waals surface area contributed by atoms with Gasteiger partial charge in [0, 0.05) is 24.2 Å². The molecular formula is C10H18N4. The summed E-state index contributed by atoms with van der Waals surface area (Å²) in [6.45, 7) is 7.20. The fourth-order valence-corrected chi connectivity index (χ4v) is 1.70. The van der Waals surface area contributed by atoms with Crippen molar-refractivity contribution in [3.63, 3.8) is 0 Å². The highest BCUT2D eigenvalue weighted by molar-refractivity contribution is 5.79. The molecule has 1 rings (SSSR count). The summed E-state index contributed by atoms with van der Waals surface area (Å²) in [5.74, 6) is 0.620. The Morgan fingerprint density at radius 2 is 2.29 bits per heavy atom. The van der Waals surface area contributed by atoms with Crippen molar-refractivity contribution in [2.45, 2.75) is 39.7 Å². The molecule has 0 radical (unpaired) electrons. The van der Waals surface area contributed by atoms with Crippen LogP contribution in [0, 0.1) is 5.41 Å². The molecule has 0 aliphatic rings. The highest BCUT2D eigenvalue weighted by Gasteiger charge is 2.13. The van der Waals surface area contributed by atoms with E-state index in [4.69, 9.17) is 11.1 Å².